The number of nitrogens with one attached hydrogen (secondary N) is 1. The Hall–Kier alpha value is -2.61. The number of carbonyl (C=O) groups is 3. The van der Waals surface area contributed by atoms with Gasteiger partial charge in [0.25, 0.3) is 5.91 Å². The van der Waals surface area contributed by atoms with Gasteiger partial charge in [-0.05, 0) is 36.4 Å². The van der Waals surface area contributed by atoms with Gasteiger partial charge in [0.1, 0.15) is 10.9 Å². The summed E-state index contributed by atoms with van der Waals surface area (Å²) < 4.78 is 9.82. The van der Waals surface area contributed by atoms with Gasteiger partial charge in [-0.3, -0.25) is 9.59 Å². The van der Waals surface area contributed by atoms with E-state index in [0.29, 0.717) is 23.5 Å². The molecule has 7 nitrogen and oxygen atoms in total. The molecule has 0 spiro atoms. The van der Waals surface area contributed by atoms with Crippen molar-refractivity contribution in [3.8, 4) is 0 Å². The van der Waals surface area contributed by atoms with Crippen LogP contribution in [0, 0.1) is 0 Å². The third-order valence-corrected chi connectivity index (χ3v) is 4.74. The third kappa shape index (κ3) is 3.05. The Morgan fingerprint density at radius 2 is 2.21 bits per heavy atom. The van der Waals surface area contributed by atoms with Crippen LogP contribution in [0.25, 0.3) is 0 Å². The van der Waals surface area contributed by atoms with Crippen LogP contribution >= 0.6 is 11.3 Å². The van der Waals surface area contributed by atoms with Crippen molar-refractivity contribution in [3.05, 3.63) is 40.5 Å². The fourth-order valence-corrected chi connectivity index (χ4v) is 3.46. The molecule has 126 valence electrons. The zero-order chi connectivity index (χ0) is 17.1. The largest absolute Gasteiger partial charge is 0.465 e. The monoisotopic (exact) mass is 348 g/mol. The number of rotatable bonds is 4. The lowest BCUT2D eigenvalue weighted by Gasteiger charge is -2.23. The van der Waals surface area contributed by atoms with Gasteiger partial charge in [0, 0.05) is 6.54 Å². The van der Waals surface area contributed by atoms with Crippen LogP contribution < -0.4 is 5.32 Å². The number of anilines is 1. The number of thiophene rings is 1. The molecule has 0 aromatic carbocycles. The molecular weight excluding hydrogens is 332 g/mol. The van der Waals surface area contributed by atoms with E-state index in [1.54, 1.807) is 23.6 Å². The molecule has 3 heterocycles. The van der Waals surface area contributed by atoms with Crippen molar-refractivity contribution >= 4 is 34.8 Å². The molecule has 0 aliphatic carbocycles. The van der Waals surface area contributed by atoms with Crippen LogP contribution in [0.2, 0.25) is 0 Å². The van der Waals surface area contributed by atoms with E-state index in [4.69, 9.17) is 9.15 Å². The van der Waals surface area contributed by atoms with E-state index < -0.39 is 12.0 Å². The van der Waals surface area contributed by atoms with Crippen LogP contribution in [0.15, 0.2) is 34.3 Å². The van der Waals surface area contributed by atoms with E-state index in [1.165, 1.54) is 29.6 Å². The van der Waals surface area contributed by atoms with Crippen LogP contribution in [-0.4, -0.2) is 42.4 Å². The van der Waals surface area contributed by atoms with Crippen molar-refractivity contribution < 1.29 is 23.5 Å². The molecule has 1 saturated heterocycles. The van der Waals surface area contributed by atoms with Crippen LogP contribution in [0.1, 0.15) is 33.1 Å². The molecule has 2 amide bonds. The van der Waals surface area contributed by atoms with E-state index in [-0.39, 0.29) is 17.6 Å². The fourth-order valence-electron chi connectivity index (χ4n) is 2.70. The van der Waals surface area contributed by atoms with Crippen molar-refractivity contribution in [2.75, 3.05) is 19.0 Å². The minimum Gasteiger partial charge on any atom is -0.465 e. The van der Waals surface area contributed by atoms with Crippen molar-refractivity contribution in [1.29, 1.82) is 0 Å². The second kappa shape index (κ2) is 6.88. The Morgan fingerprint density at radius 1 is 1.38 bits per heavy atom. The molecule has 1 N–H and O–H groups in total. The highest BCUT2D eigenvalue weighted by Crippen LogP contribution is 2.26. The molecule has 0 saturated carbocycles. The van der Waals surface area contributed by atoms with E-state index >= 15 is 0 Å². The summed E-state index contributed by atoms with van der Waals surface area (Å²) in [4.78, 5) is 38.5. The zero-order valence-electron chi connectivity index (χ0n) is 13.0. The summed E-state index contributed by atoms with van der Waals surface area (Å²) in [6.07, 6.45) is 2.72. The van der Waals surface area contributed by atoms with Gasteiger partial charge in [-0.2, -0.15) is 0 Å². The number of ether oxygens (including phenoxy) is 1. The van der Waals surface area contributed by atoms with Gasteiger partial charge in [-0.25, -0.2) is 4.79 Å². The number of methoxy groups -OCH3 is 1. The number of amides is 2. The average Bonchev–Trinajstić information content (AvgIpc) is 3.32. The average molecular weight is 348 g/mol. The quantitative estimate of drug-likeness (QED) is 0.857. The lowest BCUT2D eigenvalue weighted by Crippen LogP contribution is -2.43. The first-order valence-electron chi connectivity index (χ1n) is 7.43. The molecule has 0 bridgehead atoms. The summed E-state index contributed by atoms with van der Waals surface area (Å²) in [6.45, 7) is 0.491. The minimum atomic E-state index is -0.590. The Morgan fingerprint density at radius 3 is 2.92 bits per heavy atom. The maximum atomic E-state index is 12.6. The summed E-state index contributed by atoms with van der Waals surface area (Å²) in [7, 11) is 1.29. The first-order valence-corrected chi connectivity index (χ1v) is 8.31. The van der Waals surface area contributed by atoms with Gasteiger partial charge in [-0.15, -0.1) is 11.3 Å². The second-order valence-electron chi connectivity index (χ2n) is 5.28. The number of esters is 1. The first-order chi connectivity index (χ1) is 11.6. The van der Waals surface area contributed by atoms with E-state index in [0.717, 1.165) is 6.42 Å². The molecule has 1 aliphatic heterocycles. The van der Waals surface area contributed by atoms with Crippen molar-refractivity contribution in [2.45, 2.75) is 18.9 Å². The SMILES string of the molecule is COC(=O)c1sccc1NC(=O)C1CCCN1C(=O)c1ccco1. The number of nitrogens with zero attached hydrogens (tertiary/aromatic N) is 1. The van der Waals surface area contributed by atoms with E-state index in [2.05, 4.69) is 5.32 Å². The Bertz CT molecular complexity index is 752. The first kappa shape index (κ1) is 16.3. The molecule has 1 aliphatic rings. The predicted molar refractivity (Wildman–Crippen MR) is 87.1 cm³/mol. The normalized spacial score (nSPS) is 16.9. The van der Waals surface area contributed by atoms with Crippen LogP contribution in [0.5, 0.6) is 0 Å². The Labute approximate surface area is 142 Å². The number of hydrogen-bond acceptors (Lipinski definition) is 6. The maximum absolute atomic E-state index is 12.6. The summed E-state index contributed by atoms with van der Waals surface area (Å²) >= 11 is 1.19. The Balaban J connectivity index is 1.74. The van der Waals surface area contributed by atoms with Gasteiger partial charge in [0.2, 0.25) is 5.91 Å². The summed E-state index contributed by atoms with van der Waals surface area (Å²) in [5, 5.41) is 4.42. The highest BCUT2D eigenvalue weighted by Gasteiger charge is 2.36. The lowest BCUT2D eigenvalue weighted by atomic mass is 10.2. The number of carbonyl (C=O) groups excluding carboxylic acids is 3. The molecule has 1 fully saturated rings. The lowest BCUT2D eigenvalue weighted by molar-refractivity contribution is -0.119. The van der Waals surface area contributed by atoms with Crippen molar-refractivity contribution in [3.63, 3.8) is 0 Å². The van der Waals surface area contributed by atoms with Crippen molar-refractivity contribution in [1.82, 2.24) is 4.90 Å². The second-order valence-corrected chi connectivity index (χ2v) is 6.19. The van der Waals surface area contributed by atoms with Crippen molar-refractivity contribution in [2.24, 2.45) is 0 Å². The highest BCUT2D eigenvalue weighted by molar-refractivity contribution is 7.12. The summed E-state index contributed by atoms with van der Waals surface area (Å²) in [5.74, 6) is -0.928. The zero-order valence-corrected chi connectivity index (χ0v) is 13.8. The number of likely N-dealkylation sites (tertiary alicyclic amines) is 1. The maximum Gasteiger partial charge on any atom is 0.350 e. The van der Waals surface area contributed by atoms with Gasteiger partial charge in [-0.1, -0.05) is 0 Å². The summed E-state index contributed by atoms with van der Waals surface area (Å²) in [6, 6.07) is 4.26. The standard InChI is InChI=1S/C16H16N2O5S/c1-22-16(21)13-10(6-9-24-13)17-14(19)11-4-2-7-18(11)15(20)12-5-3-8-23-12/h3,5-6,8-9,11H,2,4,7H2,1H3,(H,17,19). The third-order valence-electron chi connectivity index (χ3n) is 3.84. The van der Waals surface area contributed by atoms with Crippen LogP contribution in [0.3, 0.4) is 0 Å². The van der Waals surface area contributed by atoms with E-state index in [1.807, 2.05) is 0 Å². The van der Waals surface area contributed by atoms with E-state index in [9.17, 15) is 14.4 Å². The molecule has 3 rings (SSSR count). The van der Waals surface area contributed by atoms with Gasteiger partial charge >= 0.3 is 5.97 Å². The summed E-state index contributed by atoms with van der Waals surface area (Å²) in [5.41, 5.74) is 0.397. The molecule has 1 unspecified atom stereocenters. The highest BCUT2D eigenvalue weighted by atomic mass is 32.1. The molecule has 1 atom stereocenters. The fraction of sp³-hybridized carbons (Fsp3) is 0.312. The molecule has 24 heavy (non-hydrogen) atoms. The predicted octanol–water partition coefficient (Wildman–Crippen LogP) is 2.37. The molecular formula is C16H16N2O5S. The van der Waals surface area contributed by atoms with Gasteiger partial charge < -0.3 is 19.4 Å². The van der Waals surface area contributed by atoms with Crippen LogP contribution in [-0.2, 0) is 9.53 Å². The minimum absolute atomic E-state index is 0.209. The molecule has 2 aromatic heterocycles. The van der Waals surface area contributed by atoms with Crippen LogP contribution in [0.4, 0.5) is 5.69 Å². The number of hydrogen-bond donors (Lipinski definition) is 1. The Kier molecular flexibility index (Phi) is 4.66. The van der Waals surface area contributed by atoms with Gasteiger partial charge in [0.15, 0.2) is 5.76 Å². The smallest absolute Gasteiger partial charge is 0.350 e. The van der Waals surface area contributed by atoms with Gasteiger partial charge in [0.05, 0.1) is 19.1 Å². The molecule has 2 aromatic rings. The molecule has 8 heteroatoms. The number of furan rings is 1. The topological polar surface area (TPSA) is 88.9 Å². The molecule has 0 radical (unpaired) electrons.